The van der Waals surface area contributed by atoms with Crippen LogP contribution in [0, 0.1) is 0 Å². The second-order valence-electron chi connectivity index (χ2n) is 13.7. The van der Waals surface area contributed by atoms with Crippen molar-refractivity contribution in [2.75, 3.05) is 4.90 Å². The molecule has 254 valence electrons. The summed E-state index contributed by atoms with van der Waals surface area (Å²) >= 11 is 1.86. The first-order valence-electron chi connectivity index (χ1n) is 18.4. The van der Waals surface area contributed by atoms with Crippen molar-refractivity contribution >= 4 is 59.3 Å². The standard InChI is InChI=1S/C52H35NS/c1-3-14-36(15-4-1)37-28-32-41(33-29-37)53(42-34-30-39(31-35-42)44-23-13-27-50-52(44)47-21-8-10-26-49(47)54-50)48-25-9-7-20-45(48)46-24-12-19-40-18-11-22-43(51(40)46)38-16-5-2-6-17-38/h1-35H. The predicted molar refractivity (Wildman–Crippen MR) is 233 cm³/mol. The lowest BCUT2D eigenvalue weighted by molar-refractivity contribution is 1.28. The molecular weight excluding hydrogens is 671 g/mol. The molecular formula is C52H35NS. The van der Waals surface area contributed by atoms with Gasteiger partial charge in [-0.05, 0) is 92.2 Å². The molecule has 1 nitrogen and oxygen atoms in total. The quantitative estimate of drug-likeness (QED) is 0.160. The number of rotatable bonds is 7. The Morgan fingerprint density at radius 3 is 1.50 bits per heavy atom. The van der Waals surface area contributed by atoms with Gasteiger partial charge >= 0.3 is 0 Å². The van der Waals surface area contributed by atoms with Gasteiger partial charge in [0, 0.05) is 37.1 Å². The Morgan fingerprint density at radius 1 is 0.296 bits per heavy atom. The summed E-state index contributed by atoms with van der Waals surface area (Å²) < 4.78 is 2.64. The van der Waals surface area contributed by atoms with E-state index in [1.807, 2.05) is 11.3 Å². The van der Waals surface area contributed by atoms with Crippen LogP contribution in [-0.2, 0) is 0 Å². The van der Waals surface area contributed by atoms with Crippen LogP contribution in [0.2, 0.25) is 0 Å². The van der Waals surface area contributed by atoms with E-state index in [4.69, 9.17) is 0 Å². The van der Waals surface area contributed by atoms with E-state index >= 15 is 0 Å². The Balaban J connectivity index is 1.15. The average Bonchev–Trinajstić information content (AvgIpc) is 3.64. The molecule has 0 atom stereocenters. The Bertz CT molecular complexity index is 2900. The van der Waals surface area contributed by atoms with E-state index < -0.39 is 0 Å². The SMILES string of the molecule is c1ccc(-c2ccc(N(c3ccc(-c4cccc5sc6ccccc6c45)cc3)c3ccccc3-c3cccc4cccc(-c5ccccc5)c34)cc2)cc1. The fourth-order valence-electron chi connectivity index (χ4n) is 7.99. The van der Waals surface area contributed by atoms with Gasteiger partial charge in [-0.15, -0.1) is 11.3 Å². The van der Waals surface area contributed by atoms with Crippen molar-refractivity contribution < 1.29 is 0 Å². The second-order valence-corrected chi connectivity index (χ2v) is 14.7. The molecule has 54 heavy (non-hydrogen) atoms. The molecule has 0 radical (unpaired) electrons. The first-order valence-corrected chi connectivity index (χ1v) is 19.2. The van der Waals surface area contributed by atoms with Crippen LogP contribution < -0.4 is 4.90 Å². The predicted octanol–water partition coefficient (Wildman–Crippen LogP) is 15.3. The fraction of sp³-hybridized carbons (Fsp3) is 0. The smallest absolute Gasteiger partial charge is 0.0540 e. The zero-order valence-electron chi connectivity index (χ0n) is 29.6. The van der Waals surface area contributed by atoms with Crippen LogP contribution in [0.5, 0.6) is 0 Å². The van der Waals surface area contributed by atoms with E-state index in [2.05, 4.69) is 217 Å². The van der Waals surface area contributed by atoms with Crippen molar-refractivity contribution in [3.63, 3.8) is 0 Å². The molecule has 10 rings (SSSR count). The lowest BCUT2D eigenvalue weighted by atomic mass is 9.90. The minimum atomic E-state index is 1.10. The van der Waals surface area contributed by atoms with Gasteiger partial charge in [0.25, 0.3) is 0 Å². The molecule has 0 aliphatic heterocycles. The van der Waals surface area contributed by atoms with Crippen LogP contribution in [0.25, 0.3) is 75.5 Å². The number of fused-ring (bicyclic) bond motifs is 4. The van der Waals surface area contributed by atoms with Gasteiger partial charge in [-0.2, -0.15) is 0 Å². The zero-order valence-corrected chi connectivity index (χ0v) is 30.4. The van der Waals surface area contributed by atoms with Crippen molar-refractivity contribution in [1.82, 2.24) is 0 Å². The summed E-state index contributed by atoms with van der Waals surface area (Å²) in [4.78, 5) is 2.42. The van der Waals surface area contributed by atoms with Crippen molar-refractivity contribution in [2.45, 2.75) is 0 Å². The maximum Gasteiger partial charge on any atom is 0.0540 e. The van der Waals surface area contributed by atoms with Crippen molar-refractivity contribution in [3.05, 3.63) is 212 Å². The van der Waals surface area contributed by atoms with Gasteiger partial charge in [0.05, 0.1) is 5.69 Å². The fourth-order valence-corrected chi connectivity index (χ4v) is 9.12. The molecule has 10 aromatic rings. The topological polar surface area (TPSA) is 3.24 Å². The Labute approximate surface area is 319 Å². The van der Waals surface area contributed by atoms with Gasteiger partial charge in [-0.3, -0.25) is 0 Å². The van der Waals surface area contributed by atoms with Crippen LogP contribution >= 0.6 is 11.3 Å². The lowest BCUT2D eigenvalue weighted by Gasteiger charge is -2.29. The summed E-state index contributed by atoms with van der Waals surface area (Å²) in [5.74, 6) is 0. The summed E-state index contributed by atoms with van der Waals surface area (Å²) in [6.45, 7) is 0. The number of thiophene rings is 1. The van der Waals surface area contributed by atoms with Crippen LogP contribution in [0.15, 0.2) is 212 Å². The van der Waals surface area contributed by atoms with Gasteiger partial charge in [-0.25, -0.2) is 0 Å². The van der Waals surface area contributed by atoms with Crippen molar-refractivity contribution in [2.24, 2.45) is 0 Å². The number of benzene rings is 9. The minimum Gasteiger partial charge on any atom is -0.310 e. The molecule has 0 spiro atoms. The number of nitrogens with zero attached hydrogens (tertiary/aromatic N) is 1. The third-order valence-corrected chi connectivity index (χ3v) is 11.6. The van der Waals surface area contributed by atoms with E-state index in [1.165, 1.54) is 75.5 Å². The molecule has 0 N–H and O–H groups in total. The van der Waals surface area contributed by atoms with E-state index in [0.717, 1.165) is 17.1 Å². The Kier molecular flexibility index (Phi) is 8.09. The molecule has 1 heterocycles. The highest BCUT2D eigenvalue weighted by Gasteiger charge is 2.20. The maximum absolute atomic E-state index is 2.42. The van der Waals surface area contributed by atoms with Crippen molar-refractivity contribution in [3.8, 4) is 44.5 Å². The average molecular weight is 706 g/mol. The third-order valence-electron chi connectivity index (χ3n) is 10.5. The molecule has 0 bridgehead atoms. The molecule has 1 aromatic heterocycles. The highest BCUT2D eigenvalue weighted by Crippen LogP contribution is 2.46. The molecule has 9 aromatic carbocycles. The molecule has 0 aliphatic rings. The Morgan fingerprint density at radius 2 is 0.778 bits per heavy atom. The third kappa shape index (κ3) is 5.65. The zero-order chi connectivity index (χ0) is 35.8. The minimum absolute atomic E-state index is 1.10. The number of hydrogen-bond acceptors (Lipinski definition) is 2. The summed E-state index contributed by atoms with van der Waals surface area (Å²) in [6.07, 6.45) is 0. The van der Waals surface area contributed by atoms with Crippen LogP contribution in [0.4, 0.5) is 17.1 Å². The van der Waals surface area contributed by atoms with Crippen LogP contribution in [0.3, 0.4) is 0 Å². The first kappa shape index (κ1) is 32.0. The summed E-state index contributed by atoms with van der Waals surface area (Å²) in [5, 5.41) is 5.12. The Hall–Kier alpha value is -6.74. The molecule has 0 aliphatic carbocycles. The van der Waals surface area contributed by atoms with Crippen molar-refractivity contribution in [1.29, 1.82) is 0 Å². The highest BCUT2D eigenvalue weighted by molar-refractivity contribution is 7.25. The second kappa shape index (κ2) is 13.7. The molecule has 0 fully saturated rings. The molecule has 0 saturated heterocycles. The molecule has 0 amide bonds. The summed E-state index contributed by atoms with van der Waals surface area (Å²) in [5.41, 5.74) is 13.0. The van der Waals surface area contributed by atoms with Crippen LogP contribution in [0.1, 0.15) is 0 Å². The number of anilines is 3. The molecule has 0 unspecified atom stereocenters. The maximum atomic E-state index is 2.42. The van der Waals surface area contributed by atoms with E-state index in [-0.39, 0.29) is 0 Å². The van der Waals surface area contributed by atoms with Gasteiger partial charge in [0.2, 0.25) is 0 Å². The van der Waals surface area contributed by atoms with Crippen LogP contribution in [-0.4, -0.2) is 0 Å². The largest absolute Gasteiger partial charge is 0.310 e. The van der Waals surface area contributed by atoms with Gasteiger partial charge in [0.1, 0.15) is 0 Å². The lowest BCUT2D eigenvalue weighted by Crippen LogP contribution is -2.11. The normalized spacial score (nSPS) is 11.3. The molecule has 2 heteroatoms. The highest BCUT2D eigenvalue weighted by atomic mass is 32.1. The van der Waals surface area contributed by atoms with Gasteiger partial charge < -0.3 is 4.90 Å². The van der Waals surface area contributed by atoms with Gasteiger partial charge in [0.15, 0.2) is 0 Å². The number of para-hydroxylation sites is 1. The van der Waals surface area contributed by atoms with E-state index in [9.17, 15) is 0 Å². The van der Waals surface area contributed by atoms with Gasteiger partial charge in [-0.1, -0.05) is 170 Å². The molecule has 0 saturated carbocycles. The van der Waals surface area contributed by atoms with E-state index in [0.29, 0.717) is 0 Å². The summed E-state index contributed by atoms with van der Waals surface area (Å²) in [6, 6.07) is 77.1. The summed E-state index contributed by atoms with van der Waals surface area (Å²) in [7, 11) is 0. The number of hydrogen-bond donors (Lipinski definition) is 0. The monoisotopic (exact) mass is 705 g/mol. The first-order chi connectivity index (χ1) is 26.8. The van der Waals surface area contributed by atoms with E-state index in [1.54, 1.807) is 0 Å².